The number of carbonyl (C=O) groups is 1. The van der Waals surface area contributed by atoms with Gasteiger partial charge in [0.05, 0.1) is 11.8 Å². The Labute approximate surface area is 127 Å². The molecular formula is C15H19N3O2S. The number of aryl methyl sites for hydroxylation is 1. The van der Waals surface area contributed by atoms with E-state index in [4.69, 9.17) is 10.5 Å². The van der Waals surface area contributed by atoms with Crippen LogP contribution in [-0.4, -0.2) is 41.6 Å². The Balaban J connectivity index is 1.98. The summed E-state index contributed by atoms with van der Waals surface area (Å²) >= 11 is 1.38. The van der Waals surface area contributed by atoms with Crippen LogP contribution in [0.4, 0.5) is 5.69 Å². The smallest absolute Gasteiger partial charge is 0.266 e. The summed E-state index contributed by atoms with van der Waals surface area (Å²) in [6, 6.07) is 1.92. The number of pyridine rings is 1. The largest absolute Gasteiger partial charge is 0.397 e. The number of carbonyl (C=O) groups excluding carboxylic acids is 1. The van der Waals surface area contributed by atoms with Crippen LogP contribution >= 0.6 is 11.3 Å². The van der Waals surface area contributed by atoms with Crippen LogP contribution in [0.1, 0.15) is 28.6 Å². The SMILES string of the molecule is Cc1ccnc2sc(C(=O)N3CCCOC(C)C3)c(N)c12. The number of fused-ring (bicyclic) bond motifs is 1. The van der Waals surface area contributed by atoms with Gasteiger partial charge in [-0.15, -0.1) is 11.3 Å². The van der Waals surface area contributed by atoms with E-state index < -0.39 is 0 Å². The molecule has 1 amide bonds. The molecule has 0 spiro atoms. The molecule has 3 heterocycles. The van der Waals surface area contributed by atoms with Crippen molar-refractivity contribution in [3.63, 3.8) is 0 Å². The number of nitrogen functional groups attached to an aromatic ring is 1. The monoisotopic (exact) mass is 305 g/mol. The maximum absolute atomic E-state index is 12.8. The van der Waals surface area contributed by atoms with E-state index in [1.165, 1.54) is 11.3 Å². The fourth-order valence-electron chi connectivity index (χ4n) is 2.68. The van der Waals surface area contributed by atoms with E-state index in [2.05, 4.69) is 4.98 Å². The summed E-state index contributed by atoms with van der Waals surface area (Å²) in [5, 5.41) is 0.907. The van der Waals surface area contributed by atoms with Gasteiger partial charge in [0, 0.05) is 31.3 Å². The minimum atomic E-state index is -0.00718. The molecule has 112 valence electrons. The molecule has 1 aliphatic heterocycles. The zero-order chi connectivity index (χ0) is 15.0. The second-order valence-corrected chi connectivity index (χ2v) is 6.44. The normalized spacial score (nSPS) is 19.7. The third kappa shape index (κ3) is 2.61. The Bertz CT molecular complexity index is 683. The molecule has 6 heteroatoms. The number of ether oxygens (including phenoxy) is 1. The average Bonchev–Trinajstić information content (AvgIpc) is 2.65. The van der Waals surface area contributed by atoms with Crippen molar-refractivity contribution in [1.82, 2.24) is 9.88 Å². The van der Waals surface area contributed by atoms with Crippen molar-refractivity contribution in [2.75, 3.05) is 25.4 Å². The van der Waals surface area contributed by atoms with Gasteiger partial charge in [0.25, 0.3) is 5.91 Å². The van der Waals surface area contributed by atoms with Crippen LogP contribution in [0.5, 0.6) is 0 Å². The standard InChI is InChI=1S/C15H19N3O2S/c1-9-4-5-17-14-11(9)12(16)13(21-14)15(19)18-6-3-7-20-10(2)8-18/h4-5,10H,3,6-8,16H2,1-2H3. The summed E-state index contributed by atoms with van der Waals surface area (Å²) in [4.78, 5) is 20.4. The van der Waals surface area contributed by atoms with Crippen LogP contribution in [0, 0.1) is 6.92 Å². The highest BCUT2D eigenvalue weighted by Crippen LogP contribution is 2.35. The van der Waals surface area contributed by atoms with Crippen molar-refractivity contribution in [3.05, 3.63) is 22.7 Å². The molecule has 0 radical (unpaired) electrons. The van der Waals surface area contributed by atoms with E-state index in [1.54, 1.807) is 6.20 Å². The summed E-state index contributed by atoms with van der Waals surface area (Å²) in [6.45, 7) is 6.00. The van der Waals surface area contributed by atoms with Crippen molar-refractivity contribution >= 4 is 33.1 Å². The first-order valence-electron chi connectivity index (χ1n) is 7.12. The van der Waals surface area contributed by atoms with E-state index in [-0.39, 0.29) is 12.0 Å². The molecule has 1 fully saturated rings. The lowest BCUT2D eigenvalue weighted by Crippen LogP contribution is -2.35. The van der Waals surface area contributed by atoms with Crippen molar-refractivity contribution in [1.29, 1.82) is 0 Å². The van der Waals surface area contributed by atoms with Gasteiger partial charge >= 0.3 is 0 Å². The molecule has 1 atom stereocenters. The summed E-state index contributed by atoms with van der Waals surface area (Å²) in [6.07, 6.45) is 2.67. The molecule has 2 N–H and O–H groups in total. The molecule has 0 aromatic carbocycles. The number of hydrogen-bond acceptors (Lipinski definition) is 5. The van der Waals surface area contributed by atoms with Crippen LogP contribution in [-0.2, 0) is 4.74 Å². The molecule has 0 bridgehead atoms. The lowest BCUT2D eigenvalue weighted by molar-refractivity contribution is 0.0566. The van der Waals surface area contributed by atoms with Gasteiger partial charge in [-0.05, 0) is 31.9 Å². The summed E-state index contributed by atoms with van der Waals surface area (Å²) in [5.41, 5.74) is 7.83. The van der Waals surface area contributed by atoms with Gasteiger partial charge in [0.1, 0.15) is 9.71 Å². The van der Waals surface area contributed by atoms with Gasteiger partial charge in [-0.1, -0.05) is 0 Å². The van der Waals surface area contributed by atoms with Crippen LogP contribution < -0.4 is 5.73 Å². The van der Waals surface area contributed by atoms with Crippen molar-refractivity contribution < 1.29 is 9.53 Å². The number of amides is 1. The second kappa shape index (κ2) is 5.61. The summed E-state index contributed by atoms with van der Waals surface area (Å²) in [5.74, 6) is -0.00718. The number of anilines is 1. The fraction of sp³-hybridized carbons (Fsp3) is 0.467. The zero-order valence-corrected chi connectivity index (χ0v) is 13.1. The topological polar surface area (TPSA) is 68.5 Å². The van der Waals surface area contributed by atoms with E-state index in [9.17, 15) is 4.79 Å². The molecule has 2 aromatic heterocycles. The van der Waals surface area contributed by atoms with Crippen molar-refractivity contribution in [2.45, 2.75) is 26.4 Å². The summed E-state index contributed by atoms with van der Waals surface area (Å²) < 4.78 is 5.59. The Morgan fingerprint density at radius 2 is 2.38 bits per heavy atom. The molecular weight excluding hydrogens is 286 g/mol. The molecule has 2 aromatic rings. The fourth-order valence-corrected chi connectivity index (χ4v) is 3.79. The predicted octanol–water partition coefficient (Wildman–Crippen LogP) is 2.44. The highest BCUT2D eigenvalue weighted by atomic mass is 32.1. The highest BCUT2D eigenvalue weighted by Gasteiger charge is 2.25. The zero-order valence-electron chi connectivity index (χ0n) is 12.3. The molecule has 0 aliphatic carbocycles. The number of rotatable bonds is 1. The average molecular weight is 305 g/mol. The molecule has 21 heavy (non-hydrogen) atoms. The molecule has 1 aliphatic rings. The Morgan fingerprint density at radius 3 is 3.14 bits per heavy atom. The number of hydrogen-bond donors (Lipinski definition) is 1. The second-order valence-electron chi connectivity index (χ2n) is 5.44. The quantitative estimate of drug-likeness (QED) is 0.878. The third-order valence-electron chi connectivity index (χ3n) is 3.77. The minimum Gasteiger partial charge on any atom is -0.397 e. The first-order valence-corrected chi connectivity index (χ1v) is 7.94. The number of nitrogens with two attached hydrogens (primary N) is 1. The maximum Gasteiger partial charge on any atom is 0.266 e. The molecule has 5 nitrogen and oxygen atoms in total. The Hall–Kier alpha value is -1.66. The first kappa shape index (κ1) is 14.3. The van der Waals surface area contributed by atoms with Gasteiger partial charge in [-0.2, -0.15) is 0 Å². The van der Waals surface area contributed by atoms with Crippen molar-refractivity contribution in [2.24, 2.45) is 0 Å². The number of thiophene rings is 1. The van der Waals surface area contributed by atoms with E-state index in [1.807, 2.05) is 24.8 Å². The molecule has 0 saturated carbocycles. The lowest BCUT2D eigenvalue weighted by atomic mass is 10.1. The molecule has 1 unspecified atom stereocenters. The van der Waals surface area contributed by atoms with Gasteiger partial charge in [-0.25, -0.2) is 4.98 Å². The maximum atomic E-state index is 12.8. The van der Waals surface area contributed by atoms with E-state index >= 15 is 0 Å². The van der Waals surface area contributed by atoms with Gasteiger partial charge in [0.15, 0.2) is 0 Å². The highest BCUT2D eigenvalue weighted by molar-refractivity contribution is 7.21. The summed E-state index contributed by atoms with van der Waals surface area (Å²) in [7, 11) is 0. The van der Waals surface area contributed by atoms with Crippen LogP contribution in [0.25, 0.3) is 10.2 Å². The predicted molar refractivity (Wildman–Crippen MR) is 84.7 cm³/mol. The number of nitrogens with zero attached hydrogens (tertiary/aromatic N) is 2. The third-order valence-corrected chi connectivity index (χ3v) is 4.87. The van der Waals surface area contributed by atoms with Crippen LogP contribution in [0.15, 0.2) is 12.3 Å². The minimum absolute atomic E-state index is 0.00718. The Kier molecular flexibility index (Phi) is 3.82. The number of aromatic nitrogens is 1. The van der Waals surface area contributed by atoms with Gasteiger partial charge < -0.3 is 15.4 Å². The van der Waals surface area contributed by atoms with Crippen LogP contribution in [0.2, 0.25) is 0 Å². The van der Waals surface area contributed by atoms with Crippen LogP contribution in [0.3, 0.4) is 0 Å². The van der Waals surface area contributed by atoms with Crippen molar-refractivity contribution in [3.8, 4) is 0 Å². The molecule has 1 saturated heterocycles. The molecule has 3 rings (SSSR count). The van der Waals surface area contributed by atoms with Gasteiger partial charge in [0.2, 0.25) is 0 Å². The van der Waals surface area contributed by atoms with Gasteiger partial charge in [-0.3, -0.25) is 4.79 Å². The first-order chi connectivity index (χ1) is 10.1. The van der Waals surface area contributed by atoms with E-state index in [0.717, 1.165) is 22.2 Å². The van der Waals surface area contributed by atoms with E-state index in [0.29, 0.717) is 30.3 Å². The Morgan fingerprint density at radius 1 is 1.57 bits per heavy atom. The lowest BCUT2D eigenvalue weighted by Gasteiger charge is -2.21.